The molecule has 3 heterocycles. The minimum absolute atomic E-state index is 0.0121. The van der Waals surface area contributed by atoms with Gasteiger partial charge >= 0.3 is 0 Å². The summed E-state index contributed by atoms with van der Waals surface area (Å²) in [5.41, 5.74) is 5.37. The molecule has 0 atom stereocenters. The molecule has 5 heteroatoms. The number of benzene rings is 2. The van der Waals surface area contributed by atoms with E-state index in [9.17, 15) is 4.79 Å². The highest BCUT2D eigenvalue weighted by molar-refractivity contribution is 5.93. The molecule has 3 aliphatic heterocycles. The van der Waals surface area contributed by atoms with Crippen LogP contribution in [0.4, 0.5) is 11.4 Å². The van der Waals surface area contributed by atoms with Gasteiger partial charge in [-0.3, -0.25) is 4.79 Å². The average molecular weight is 364 g/mol. The number of carbonyl (C=O) groups is 1. The predicted octanol–water partition coefficient (Wildman–Crippen LogP) is 3.34. The quantitative estimate of drug-likeness (QED) is 0.904. The van der Waals surface area contributed by atoms with Crippen LogP contribution in [-0.4, -0.2) is 32.2 Å². The lowest BCUT2D eigenvalue weighted by Gasteiger charge is -2.18. The molecule has 1 saturated heterocycles. The van der Waals surface area contributed by atoms with Crippen molar-refractivity contribution in [2.75, 3.05) is 36.5 Å². The van der Waals surface area contributed by atoms with Gasteiger partial charge in [-0.2, -0.15) is 0 Å². The van der Waals surface area contributed by atoms with Crippen molar-refractivity contribution < 1.29 is 14.3 Å². The van der Waals surface area contributed by atoms with Crippen molar-refractivity contribution in [3.8, 4) is 11.5 Å². The summed E-state index contributed by atoms with van der Waals surface area (Å²) in [6, 6.07) is 10.3. The lowest BCUT2D eigenvalue weighted by atomic mass is 9.97. The van der Waals surface area contributed by atoms with E-state index in [1.807, 2.05) is 12.1 Å². The number of rotatable bonds is 4. The van der Waals surface area contributed by atoms with Crippen LogP contribution in [0.1, 0.15) is 29.5 Å². The Morgan fingerprint density at radius 3 is 2.63 bits per heavy atom. The Bertz CT molecular complexity index is 838. The van der Waals surface area contributed by atoms with E-state index in [0.29, 0.717) is 19.6 Å². The number of ether oxygens (including phenoxy) is 2. The molecule has 1 fully saturated rings. The van der Waals surface area contributed by atoms with Crippen LogP contribution in [0.15, 0.2) is 30.3 Å². The Kier molecular flexibility index (Phi) is 4.15. The SMILES string of the molecule is O=C(Cc1c2c(cc3c1OCC3)OCC2)Nc1ccc(N2CCCC2)cc1. The molecule has 27 heavy (non-hydrogen) atoms. The second-order valence-corrected chi connectivity index (χ2v) is 7.48. The third-order valence-corrected chi connectivity index (χ3v) is 5.72. The molecule has 5 rings (SSSR count). The lowest BCUT2D eigenvalue weighted by molar-refractivity contribution is -0.115. The van der Waals surface area contributed by atoms with Gasteiger partial charge < -0.3 is 19.7 Å². The molecule has 0 aliphatic carbocycles. The van der Waals surface area contributed by atoms with E-state index >= 15 is 0 Å². The Hall–Kier alpha value is -2.69. The van der Waals surface area contributed by atoms with Crippen LogP contribution in [0.5, 0.6) is 11.5 Å². The van der Waals surface area contributed by atoms with Crippen LogP contribution in [0.2, 0.25) is 0 Å². The second-order valence-electron chi connectivity index (χ2n) is 7.48. The normalized spacial score (nSPS) is 17.3. The van der Waals surface area contributed by atoms with Crippen molar-refractivity contribution in [2.45, 2.75) is 32.1 Å². The number of anilines is 2. The van der Waals surface area contributed by atoms with Gasteiger partial charge in [-0.25, -0.2) is 0 Å². The highest BCUT2D eigenvalue weighted by atomic mass is 16.5. The number of nitrogens with one attached hydrogen (secondary N) is 1. The zero-order valence-electron chi connectivity index (χ0n) is 15.4. The Labute approximate surface area is 159 Å². The summed E-state index contributed by atoms with van der Waals surface area (Å²) < 4.78 is 11.6. The van der Waals surface area contributed by atoms with E-state index in [4.69, 9.17) is 9.47 Å². The van der Waals surface area contributed by atoms with E-state index in [-0.39, 0.29) is 5.91 Å². The first-order valence-electron chi connectivity index (χ1n) is 9.86. The summed E-state index contributed by atoms with van der Waals surface area (Å²) in [5, 5.41) is 3.04. The number of hydrogen-bond acceptors (Lipinski definition) is 4. The summed E-state index contributed by atoms with van der Waals surface area (Å²) in [6.45, 7) is 3.62. The van der Waals surface area contributed by atoms with E-state index in [1.165, 1.54) is 18.5 Å². The zero-order valence-corrected chi connectivity index (χ0v) is 15.4. The van der Waals surface area contributed by atoms with Crippen molar-refractivity contribution in [3.63, 3.8) is 0 Å². The van der Waals surface area contributed by atoms with Gasteiger partial charge in [0.15, 0.2) is 0 Å². The smallest absolute Gasteiger partial charge is 0.228 e. The molecule has 2 aromatic rings. The highest BCUT2D eigenvalue weighted by Crippen LogP contribution is 2.40. The van der Waals surface area contributed by atoms with Crippen LogP contribution in [0.3, 0.4) is 0 Å². The fraction of sp³-hybridized carbons (Fsp3) is 0.409. The molecule has 5 nitrogen and oxygen atoms in total. The van der Waals surface area contributed by atoms with Gasteiger partial charge in [-0.15, -0.1) is 0 Å². The van der Waals surface area contributed by atoms with Crippen LogP contribution >= 0.6 is 0 Å². The maximum atomic E-state index is 12.7. The fourth-order valence-electron chi connectivity index (χ4n) is 4.37. The zero-order chi connectivity index (χ0) is 18.2. The van der Waals surface area contributed by atoms with Crippen LogP contribution in [0.25, 0.3) is 0 Å². The lowest BCUT2D eigenvalue weighted by Crippen LogP contribution is -2.18. The van der Waals surface area contributed by atoms with Crippen molar-refractivity contribution in [2.24, 2.45) is 0 Å². The maximum absolute atomic E-state index is 12.7. The van der Waals surface area contributed by atoms with Crippen molar-refractivity contribution in [1.82, 2.24) is 0 Å². The molecule has 1 N–H and O–H groups in total. The van der Waals surface area contributed by atoms with Crippen molar-refractivity contribution >= 4 is 17.3 Å². The molecule has 0 saturated carbocycles. The minimum Gasteiger partial charge on any atom is -0.493 e. The number of fused-ring (bicyclic) bond motifs is 2. The number of hydrogen-bond donors (Lipinski definition) is 1. The van der Waals surface area contributed by atoms with Crippen LogP contribution < -0.4 is 19.7 Å². The molecule has 2 aromatic carbocycles. The van der Waals surface area contributed by atoms with Gasteiger partial charge in [0.25, 0.3) is 0 Å². The standard InChI is InChI=1S/C22H24N2O3/c25-21(23-16-3-5-17(6-4-16)24-9-1-2-10-24)14-19-18-8-12-26-20(18)13-15-7-11-27-22(15)19/h3-6,13H,1-2,7-12,14H2,(H,23,25). The van der Waals surface area contributed by atoms with Gasteiger partial charge in [-0.1, -0.05) is 0 Å². The molecule has 1 amide bonds. The number of nitrogens with zero attached hydrogens (tertiary/aromatic N) is 1. The topological polar surface area (TPSA) is 50.8 Å². The Morgan fingerprint density at radius 2 is 1.81 bits per heavy atom. The fourth-order valence-corrected chi connectivity index (χ4v) is 4.37. The van der Waals surface area contributed by atoms with Crippen molar-refractivity contribution in [1.29, 1.82) is 0 Å². The number of amides is 1. The molecular formula is C22H24N2O3. The third-order valence-electron chi connectivity index (χ3n) is 5.72. The van der Waals surface area contributed by atoms with E-state index in [0.717, 1.165) is 59.8 Å². The highest BCUT2D eigenvalue weighted by Gasteiger charge is 2.27. The predicted molar refractivity (Wildman–Crippen MR) is 105 cm³/mol. The molecule has 3 aliphatic rings. The number of carbonyl (C=O) groups excluding carboxylic acids is 1. The molecule has 0 unspecified atom stereocenters. The third kappa shape index (κ3) is 3.11. The van der Waals surface area contributed by atoms with E-state index in [2.05, 4.69) is 28.4 Å². The van der Waals surface area contributed by atoms with E-state index in [1.54, 1.807) is 0 Å². The molecular weight excluding hydrogens is 340 g/mol. The first kappa shape index (κ1) is 16.5. The van der Waals surface area contributed by atoms with Gasteiger partial charge in [0.2, 0.25) is 5.91 Å². The average Bonchev–Trinajstić information content (AvgIpc) is 3.43. The molecule has 0 radical (unpaired) electrons. The Morgan fingerprint density at radius 1 is 1.04 bits per heavy atom. The largest absolute Gasteiger partial charge is 0.493 e. The van der Waals surface area contributed by atoms with Gasteiger partial charge in [0.05, 0.1) is 19.6 Å². The summed E-state index contributed by atoms with van der Waals surface area (Å²) in [6.07, 6.45) is 4.58. The van der Waals surface area contributed by atoms with Gasteiger partial charge in [0.1, 0.15) is 11.5 Å². The first-order chi connectivity index (χ1) is 13.3. The van der Waals surface area contributed by atoms with Gasteiger partial charge in [0, 0.05) is 54.0 Å². The van der Waals surface area contributed by atoms with Crippen LogP contribution in [-0.2, 0) is 24.1 Å². The second kappa shape index (κ2) is 6.80. The maximum Gasteiger partial charge on any atom is 0.228 e. The van der Waals surface area contributed by atoms with Crippen molar-refractivity contribution in [3.05, 3.63) is 47.0 Å². The molecule has 0 bridgehead atoms. The summed E-state index contributed by atoms with van der Waals surface area (Å²) in [7, 11) is 0. The monoisotopic (exact) mass is 364 g/mol. The minimum atomic E-state index is -0.0121. The Balaban J connectivity index is 1.31. The molecule has 0 spiro atoms. The van der Waals surface area contributed by atoms with Gasteiger partial charge in [-0.05, 0) is 43.2 Å². The molecule has 140 valence electrons. The first-order valence-corrected chi connectivity index (χ1v) is 9.86. The van der Waals surface area contributed by atoms with E-state index < -0.39 is 0 Å². The summed E-state index contributed by atoms with van der Waals surface area (Å²) in [4.78, 5) is 15.1. The molecule has 0 aromatic heterocycles. The van der Waals surface area contributed by atoms with Crippen LogP contribution in [0, 0.1) is 0 Å². The summed E-state index contributed by atoms with van der Waals surface area (Å²) >= 11 is 0. The summed E-state index contributed by atoms with van der Waals surface area (Å²) in [5.74, 6) is 1.82.